The monoisotopic (exact) mass is 993 g/mol. The Bertz CT molecular complexity index is 2450. The number of carbonyl (C=O) groups excluding carboxylic acids is 3. The minimum absolute atomic E-state index is 0. The molecule has 0 radical (unpaired) electrons. The molecule has 6 heterocycles. The van der Waals surface area contributed by atoms with E-state index in [1.54, 1.807) is 20.8 Å². The number of nitrogens with one attached hydrogen (secondary N) is 2. The van der Waals surface area contributed by atoms with E-state index < -0.39 is 35.7 Å². The fraction of sp³-hybridized carbons (Fsp3) is 0.419. The van der Waals surface area contributed by atoms with Crippen LogP contribution in [0.4, 0.5) is 4.79 Å². The van der Waals surface area contributed by atoms with E-state index in [4.69, 9.17) is 37.0 Å². The standard InChI is InChI=1S/C37H43N9O11.C6H8.H2O.Pd/c1-6-7-8-12-21(30-43-25(16-53-30)33-45-26(18-55-33)34-46-27(19-56-34)35(48)50-5)40-28(47)22-14-52-31(41-22)24-17-54-32(44-24)23-15-51-29(42-23)20(38)11-9-10-13-39-36(49)57-37(2,3)4;1-2-4-6-5-3-1;;/h14-21H,6-13,38H2,1-5H3,(H,39,49)(H,40,47);1-2,5-6H,3-4H2;1H2;. The van der Waals surface area contributed by atoms with Crippen LogP contribution >= 0.6 is 0 Å². The summed E-state index contributed by atoms with van der Waals surface area (Å²) in [6.45, 7) is 7.93. The summed E-state index contributed by atoms with van der Waals surface area (Å²) >= 11 is 0. The third-order valence-electron chi connectivity index (χ3n) is 9.07. The molecule has 0 spiro atoms. The van der Waals surface area contributed by atoms with Crippen molar-refractivity contribution in [2.24, 2.45) is 5.73 Å². The second-order valence-electron chi connectivity index (χ2n) is 15.3. The van der Waals surface area contributed by atoms with Crippen molar-refractivity contribution in [3.05, 3.63) is 85.1 Å². The van der Waals surface area contributed by atoms with Crippen LogP contribution in [0.3, 0.4) is 0 Å². The number of carbonyl (C=O) groups is 3. The number of unbranched alkanes of at least 4 members (excludes halogenated alkanes) is 3. The Kier molecular flexibility index (Phi) is 19.3. The number of ether oxygens (including phenoxy) is 2. The zero-order valence-electron chi connectivity index (χ0n) is 36.6. The molecule has 6 aromatic heterocycles. The molecule has 0 fully saturated rings. The zero-order chi connectivity index (χ0) is 44.8. The predicted octanol–water partition coefficient (Wildman–Crippen LogP) is 7.88. The number of nitrogens with zero attached hydrogens (tertiary/aromatic N) is 6. The van der Waals surface area contributed by atoms with E-state index in [2.05, 4.69) is 76.5 Å². The Morgan fingerprint density at radius 1 is 0.677 bits per heavy atom. The van der Waals surface area contributed by atoms with Crippen molar-refractivity contribution in [1.82, 2.24) is 40.5 Å². The van der Waals surface area contributed by atoms with E-state index in [-0.39, 0.29) is 83.8 Å². The topological polar surface area (TPSA) is 307 Å². The van der Waals surface area contributed by atoms with Gasteiger partial charge in [0.15, 0.2) is 34.2 Å². The quantitative estimate of drug-likeness (QED) is 0.0319. The average Bonchev–Trinajstić information content (AvgIpc) is 4.12. The fourth-order valence-electron chi connectivity index (χ4n) is 5.91. The Morgan fingerprint density at radius 2 is 1.17 bits per heavy atom. The van der Waals surface area contributed by atoms with Crippen LogP contribution in [0.15, 0.2) is 88.4 Å². The van der Waals surface area contributed by atoms with Gasteiger partial charge >= 0.3 is 12.1 Å². The molecule has 7 rings (SSSR count). The van der Waals surface area contributed by atoms with E-state index in [9.17, 15) is 14.4 Å². The van der Waals surface area contributed by atoms with Gasteiger partial charge in [0.25, 0.3) is 5.91 Å². The van der Waals surface area contributed by atoms with Gasteiger partial charge in [-0.2, -0.15) is 0 Å². The first-order valence-electron chi connectivity index (χ1n) is 20.6. The second-order valence-corrected chi connectivity index (χ2v) is 15.3. The fourth-order valence-corrected chi connectivity index (χ4v) is 5.91. The van der Waals surface area contributed by atoms with Gasteiger partial charge in [-0.25, -0.2) is 39.5 Å². The largest absolute Gasteiger partial charge is 0.464 e. The van der Waals surface area contributed by atoms with Crippen LogP contribution in [0, 0.1) is 0 Å². The summed E-state index contributed by atoms with van der Waals surface area (Å²) in [6.07, 6.45) is 23.4. The van der Waals surface area contributed by atoms with Gasteiger partial charge in [0.1, 0.15) is 49.2 Å². The molecular weight excluding hydrogens is 941 g/mol. The van der Waals surface area contributed by atoms with E-state index >= 15 is 0 Å². The number of aromatic nitrogens is 6. The molecule has 2 amide bonds. The average molecular weight is 994 g/mol. The number of oxazole rings is 6. The van der Waals surface area contributed by atoms with Gasteiger partial charge in [-0.3, -0.25) is 4.79 Å². The molecule has 0 bridgehead atoms. The molecule has 6 aromatic rings. The summed E-state index contributed by atoms with van der Waals surface area (Å²) in [4.78, 5) is 63.1. The van der Waals surface area contributed by atoms with Gasteiger partial charge in [0, 0.05) is 27.0 Å². The smallest absolute Gasteiger partial charge is 0.407 e. The van der Waals surface area contributed by atoms with Crippen molar-refractivity contribution in [2.45, 2.75) is 103 Å². The number of amides is 2. The molecule has 21 nitrogen and oxygen atoms in total. The summed E-state index contributed by atoms with van der Waals surface area (Å²) in [5.74, 6) is -0.320. The van der Waals surface area contributed by atoms with Crippen LogP contribution in [0.1, 0.15) is 130 Å². The third-order valence-corrected chi connectivity index (χ3v) is 9.07. The minimum atomic E-state index is -0.657. The molecule has 0 aromatic carbocycles. The van der Waals surface area contributed by atoms with Crippen LogP contribution < -0.4 is 16.4 Å². The van der Waals surface area contributed by atoms with Crippen molar-refractivity contribution in [3.8, 4) is 46.3 Å². The van der Waals surface area contributed by atoms with Gasteiger partial charge in [-0.05, 0) is 59.3 Å². The number of nitrogens with two attached hydrogens (primary N) is 1. The third kappa shape index (κ3) is 14.8. The predicted molar refractivity (Wildman–Crippen MR) is 227 cm³/mol. The first-order valence-corrected chi connectivity index (χ1v) is 20.6. The van der Waals surface area contributed by atoms with Gasteiger partial charge in [0.05, 0.1) is 13.2 Å². The summed E-state index contributed by atoms with van der Waals surface area (Å²) in [5.41, 5.74) is 6.73. The summed E-state index contributed by atoms with van der Waals surface area (Å²) < 4.78 is 43.3. The molecule has 0 saturated carbocycles. The zero-order valence-corrected chi connectivity index (χ0v) is 38.1. The molecule has 65 heavy (non-hydrogen) atoms. The van der Waals surface area contributed by atoms with Gasteiger partial charge in [-0.1, -0.05) is 50.5 Å². The molecule has 6 N–H and O–H groups in total. The molecular formula is C43H53N9O12Pd. The molecule has 1 aliphatic rings. The SMILES string of the molecule is C1=CCC=CC1.CCCCCC(NC(=O)c1coc(-c2coc(-c3coc(C(N)CCCCNC(=O)OC(C)(C)C)n3)n2)n1)c1nc(-c2nc(-c3nc(C(=O)OC)co3)co2)co1.O.[Pd]. The van der Waals surface area contributed by atoms with Crippen LogP contribution in [0.5, 0.6) is 0 Å². The minimum Gasteiger partial charge on any atom is -0.464 e. The molecule has 1 aliphatic carbocycles. The molecule has 2 atom stereocenters. The van der Waals surface area contributed by atoms with Gasteiger partial charge in [0.2, 0.25) is 35.3 Å². The number of hydrogen-bond acceptors (Lipinski definition) is 18. The Morgan fingerprint density at radius 3 is 1.74 bits per heavy atom. The van der Waals surface area contributed by atoms with Crippen LogP contribution in [0.25, 0.3) is 46.3 Å². The first-order chi connectivity index (χ1) is 30.4. The maximum absolute atomic E-state index is 13.4. The second kappa shape index (κ2) is 24.6. The maximum atomic E-state index is 13.4. The summed E-state index contributed by atoms with van der Waals surface area (Å²) in [7, 11) is 1.24. The Hall–Kier alpha value is -6.47. The van der Waals surface area contributed by atoms with Crippen molar-refractivity contribution in [3.63, 3.8) is 0 Å². The van der Waals surface area contributed by atoms with Crippen molar-refractivity contribution >= 4 is 18.0 Å². The number of rotatable bonds is 18. The number of esters is 1. The normalized spacial score (nSPS) is 12.8. The van der Waals surface area contributed by atoms with E-state index in [1.807, 2.05) is 0 Å². The van der Waals surface area contributed by atoms with Crippen molar-refractivity contribution in [1.29, 1.82) is 0 Å². The van der Waals surface area contributed by atoms with Gasteiger partial charge in [-0.15, -0.1) is 0 Å². The first kappa shape index (κ1) is 51.2. The Labute approximate surface area is 387 Å². The summed E-state index contributed by atoms with van der Waals surface area (Å²) in [6, 6.07) is -1.11. The van der Waals surface area contributed by atoms with Crippen molar-refractivity contribution in [2.75, 3.05) is 13.7 Å². The van der Waals surface area contributed by atoms with Gasteiger partial charge < -0.3 is 57.8 Å². The van der Waals surface area contributed by atoms with E-state index in [0.717, 1.165) is 38.4 Å². The number of methoxy groups -OCH3 is 1. The maximum Gasteiger partial charge on any atom is 0.407 e. The van der Waals surface area contributed by atoms with Crippen LogP contribution in [0.2, 0.25) is 0 Å². The Balaban J connectivity index is 0.00000107. The molecule has 352 valence electrons. The molecule has 0 aliphatic heterocycles. The van der Waals surface area contributed by atoms with Crippen LogP contribution in [-0.4, -0.2) is 72.6 Å². The molecule has 2 unspecified atom stereocenters. The summed E-state index contributed by atoms with van der Waals surface area (Å²) in [5, 5.41) is 5.65. The van der Waals surface area contributed by atoms with E-state index in [1.165, 1.54) is 38.4 Å². The van der Waals surface area contributed by atoms with Crippen LogP contribution in [-0.2, 0) is 29.9 Å². The van der Waals surface area contributed by atoms with Crippen molar-refractivity contribution < 1.29 is 76.3 Å². The number of hydrogen-bond donors (Lipinski definition) is 3. The van der Waals surface area contributed by atoms with E-state index in [0.29, 0.717) is 43.8 Å². The number of alkyl carbamates (subject to hydrolysis) is 1. The number of allylic oxidation sites excluding steroid dienone is 4. The molecule has 0 saturated heterocycles. The molecule has 22 heteroatoms.